The zero-order valence-corrected chi connectivity index (χ0v) is 13.8. The minimum atomic E-state index is -0.280. The number of aromatic nitrogens is 2. The van der Waals surface area contributed by atoms with Gasteiger partial charge in [0.25, 0.3) is 0 Å². The summed E-state index contributed by atoms with van der Waals surface area (Å²) in [5.74, 6) is 0.895. The Morgan fingerprint density at radius 1 is 1.24 bits per heavy atom. The van der Waals surface area contributed by atoms with Crippen LogP contribution in [0.2, 0.25) is 0 Å². The lowest BCUT2D eigenvalue weighted by molar-refractivity contribution is -0.118. The quantitative estimate of drug-likeness (QED) is 0.783. The summed E-state index contributed by atoms with van der Waals surface area (Å²) in [6.45, 7) is 2.45. The number of halogens is 1. The van der Waals surface area contributed by atoms with Crippen molar-refractivity contribution in [3.63, 3.8) is 0 Å². The molecule has 112 valence electrons. The third kappa shape index (κ3) is 5.64. The lowest BCUT2D eigenvalue weighted by atomic mass is 10.2. The van der Waals surface area contributed by atoms with Gasteiger partial charge in [-0.15, -0.1) is 10.2 Å². The summed E-state index contributed by atoms with van der Waals surface area (Å²) in [7, 11) is 0. The van der Waals surface area contributed by atoms with Gasteiger partial charge in [0, 0.05) is 6.54 Å². The van der Waals surface area contributed by atoms with Crippen LogP contribution in [0, 0.1) is 5.82 Å². The van der Waals surface area contributed by atoms with Crippen LogP contribution in [0.4, 0.5) is 4.39 Å². The molecule has 0 fully saturated rings. The second-order valence-electron chi connectivity index (χ2n) is 3.96. The topological polar surface area (TPSA) is 54.9 Å². The van der Waals surface area contributed by atoms with Crippen molar-refractivity contribution in [1.82, 2.24) is 15.5 Å². The number of benzene rings is 1. The Balaban J connectivity index is 1.72. The molecule has 1 amide bonds. The number of nitrogens with one attached hydrogen (secondary N) is 1. The number of hydrogen-bond donors (Lipinski definition) is 1. The number of amides is 1. The molecule has 2 aromatic rings. The SMILES string of the molecule is CCSc1nnc(SCC(=O)NCc2ccc(F)cc2)s1. The van der Waals surface area contributed by atoms with E-state index in [1.165, 1.54) is 35.2 Å². The molecular weight excluding hydrogens is 329 g/mol. The fourth-order valence-corrected chi connectivity index (χ4v) is 4.17. The summed E-state index contributed by atoms with van der Waals surface area (Å²) in [6.07, 6.45) is 0. The van der Waals surface area contributed by atoms with Crippen molar-refractivity contribution in [2.45, 2.75) is 22.1 Å². The molecule has 4 nitrogen and oxygen atoms in total. The van der Waals surface area contributed by atoms with E-state index in [0.717, 1.165) is 20.0 Å². The van der Waals surface area contributed by atoms with Crippen LogP contribution in [0.25, 0.3) is 0 Å². The Kier molecular flexibility index (Phi) is 6.47. The molecular formula is C13H14FN3OS3. The molecule has 1 aromatic carbocycles. The average molecular weight is 343 g/mol. The van der Waals surface area contributed by atoms with E-state index in [4.69, 9.17) is 0 Å². The first-order valence-corrected chi connectivity index (χ1v) is 9.06. The molecule has 1 N–H and O–H groups in total. The van der Waals surface area contributed by atoms with Crippen LogP contribution in [0.1, 0.15) is 12.5 Å². The van der Waals surface area contributed by atoms with Gasteiger partial charge in [0.15, 0.2) is 8.68 Å². The van der Waals surface area contributed by atoms with E-state index >= 15 is 0 Å². The smallest absolute Gasteiger partial charge is 0.230 e. The number of nitrogens with zero attached hydrogens (tertiary/aromatic N) is 2. The van der Waals surface area contributed by atoms with Gasteiger partial charge in [-0.05, 0) is 23.4 Å². The van der Waals surface area contributed by atoms with Gasteiger partial charge in [-0.2, -0.15) is 0 Å². The van der Waals surface area contributed by atoms with Crippen LogP contribution in [-0.4, -0.2) is 27.6 Å². The fourth-order valence-electron chi connectivity index (χ4n) is 1.42. The molecule has 8 heteroatoms. The number of hydrogen-bond acceptors (Lipinski definition) is 6. The van der Waals surface area contributed by atoms with Crippen molar-refractivity contribution in [3.05, 3.63) is 35.6 Å². The van der Waals surface area contributed by atoms with Gasteiger partial charge in [0.2, 0.25) is 5.91 Å². The molecule has 0 aliphatic carbocycles. The largest absolute Gasteiger partial charge is 0.351 e. The van der Waals surface area contributed by atoms with Crippen LogP contribution in [-0.2, 0) is 11.3 Å². The Morgan fingerprint density at radius 3 is 2.57 bits per heavy atom. The minimum Gasteiger partial charge on any atom is -0.351 e. The van der Waals surface area contributed by atoms with Gasteiger partial charge in [0.05, 0.1) is 5.75 Å². The van der Waals surface area contributed by atoms with E-state index in [2.05, 4.69) is 22.4 Å². The highest BCUT2D eigenvalue weighted by atomic mass is 32.2. The van der Waals surface area contributed by atoms with Gasteiger partial charge in [-0.25, -0.2) is 4.39 Å². The maximum atomic E-state index is 12.7. The molecule has 0 atom stereocenters. The Bertz CT molecular complexity index is 589. The molecule has 0 bridgehead atoms. The summed E-state index contributed by atoms with van der Waals surface area (Å²) >= 11 is 4.51. The van der Waals surface area contributed by atoms with Crippen LogP contribution in [0.15, 0.2) is 32.9 Å². The maximum absolute atomic E-state index is 12.7. The number of rotatable bonds is 7. The lowest BCUT2D eigenvalue weighted by Gasteiger charge is -2.04. The van der Waals surface area contributed by atoms with Crippen molar-refractivity contribution in [3.8, 4) is 0 Å². The molecule has 0 radical (unpaired) electrons. The normalized spacial score (nSPS) is 10.6. The van der Waals surface area contributed by atoms with Gasteiger partial charge in [-0.1, -0.05) is 53.9 Å². The van der Waals surface area contributed by atoms with E-state index in [0.29, 0.717) is 12.3 Å². The first kappa shape index (κ1) is 16.3. The van der Waals surface area contributed by atoms with Gasteiger partial charge < -0.3 is 5.32 Å². The summed E-state index contributed by atoms with van der Waals surface area (Å²) in [4.78, 5) is 11.7. The van der Waals surface area contributed by atoms with Crippen molar-refractivity contribution >= 4 is 40.8 Å². The molecule has 0 aliphatic heterocycles. The number of thioether (sulfide) groups is 2. The Labute approximate surface area is 134 Å². The van der Waals surface area contributed by atoms with E-state index < -0.39 is 0 Å². The van der Waals surface area contributed by atoms with E-state index in [1.54, 1.807) is 23.9 Å². The zero-order valence-electron chi connectivity index (χ0n) is 11.3. The van der Waals surface area contributed by atoms with Gasteiger partial charge in [-0.3, -0.25) is 4.79 Å². The third-order valence-electron chi connectivity index (χ3n) is 2.39. The second kappa shape index (κ2) is 8.35. The molecule has 21 heavy (non-hydrogen) atoms. The molecule has 1 heterocycles. The van der Waals surface area contributed by atoms with Crippen LogP contribution >= 0.6 is 34.9 Å². The van der Waals surface area contributed by atoms with Crippen molar-refractivity contribution in [2.75, 3.05) is 11.5 Å². The predicted molar refractivity (Wildman–Crippen MR) is 85.3 cm³/mol. The van der Waals surface area contributed by atoms with E-state index in [9.17, 15) is 9.18 Å². The molecule has 2 rings (SSSR count). The predicted octanol–water partition coefficient (Wildman–Crippen LogP) is 3.20. The average Bonchev–Trinajstić information content (AvgIpc) is 2.93. The molecule has 0 aliphatic rings. The van der Waals surface area contributed by atoms with Crippen LogP contribution in [0.5, 0.6) is 0 Å². The summed E-state index contributed by atoms with van der Waals surface area (Å²) < 4.78 is 14.5. The Hall–Kier alpha value is -1.12. The van der Waals surface area contributed by atoms with Crippen LogP contribution < -0.4 is 5.32 Å². The van der Waals surface area contributed by atoms with Crippen molar-refractivity contribution < 1.29 is 9.18 Å². The zero-order chi connectivity index (χ0) is 15.1. The monoisotopic (exact) mass is 343 g/mol. The molecule has 1 aromatic heterocycles. The third-order valence-corrected chi connectivity index (χ3v) is 5.46. The van der Waals surface area contributed by atoms with E-state index in [-0.39, 0.29) is 11.7 Å². The van der Waals surface area contributed by atoms with Gasteiger partial charge in [0.1, 0.15) is 5.82 Å². The first-order valence-electron chi connectivity index (χ1n) is 6.27. The maximum Gasteiger partial charge on any atom is 0.230 e. The lowest BCUT2D eigenvalue weighted by Crippen LogP contribution is -2.24. The van der Waals surface area contributed by atoms with Crippen molar-refractivity contribution in [2.24, 2.45) is 0 Å². The van der Waals surface area contributed by atoms with Gasteiger partial charge >= 0.3 is 0 Å². The number of carbonyl (C=O) groups excluding carboxylic acids is 1. The minimum absolute atomic E-state index is 0.0794. The fraction of sp³-hybridized carbons (Fsp3) is 0.308. The van der Waals surface area contributed by atoms with Crippen LogP contribution in [0.3, 0.4) is 0 Å². The molecule has 0 spiro atoms. The van der Waals surface area contributed by atoms with Crippen molar-refractivity contribution in [1.29, 1.82) is 0 Å². The highest BCUT2D eigenvalue weighted by molar-refractivity contribution is 8.03. The Morgan fingerprint density at radius 2 is 1.90 bits per heavy atom. The molecule has 0 saturated heterocycles. The highest BCUT2D eigenvalue weighted by Gasteiger charge is 2.08. The number of carbonyl (C=O) groups is 1. The molecule has 0 unspecified atom stereocenters. The summed E-state index contributed by atoms with van der Waals surface area (Å²) in [5, 5.41) is 10.8. The first-order chi connectivity index (χ1) is 10.2. The summed E-state index contributed by atoms with van der Waals surface area (Å²) in [5.41, 5.74) is 0.868. The standard InChI is InChI=1S/C13H14FN3OS3/c1-2-19-12-16-17-13(21-12)20-8-11(18)15-7-9-3-5-10(14)6-4-9/h3-6H,2,7-8H2,1H3,(H,15,18). The highest BCUT2D eigenvalue weighted by Crippen LogP contribution is 2.28. The molecule has 0 saturated carbocycles. The summed E-state index contributed by atoms with van der Waals surface area (Å²) in [6, 6.07) is 6.07. The van der Waals surface area contributed by atoms with E-state index in [1.807, 2.05) is 0 Å². The second-order valence-corrected chi connectivity index (χ2v) is 7.67.